The van der Waals surface area contributed by atoms with Crippen LogP contribution in [0.25, 0.3) is 22.8 Å². The molecule has 3 aromatic rings. The summed E-state index contributed by atoms with van der Waals surface area (Å²) < 4.78 is 18.2. The summed E-state index contributed by atoms with van der Waals surface area (Å²) in [6.07, 6.45) is 5.60. The first kappa shape index (κ1) is 49.4. The average Bonchev–Trinajstić information content (AvgIpc) is 3.79. The number of carbonyl (C=O) groups excluding carboxylic acids is 5. The number of aliphatic imine (C=N–C) groups is 1. The fourth-order valence-corrected chi connectivity index (χ4v) is 9.91. The molecule has 2 fully saturated rings. The van der Waals surface area contributed by atoms with Crippen molar-refractivity contribution >= 4 is 53.0 Å². The highest BCUT2D eigenvalue weighted by Crippen LogP contribution is 2.43. The van der Waals surface area contributed by atoms with Crippen LogP contribution in [0.1, 0.15) is 123 Å². The number of amidine groups is 1. The molecular formula is C54H68N4O8. The van der Waals surface area contributed by atoms with Crippen LogP contribution in [0.2, 0.25) is 0 Å². The predicted molar refractivity (Wildman–Crippen MR) is 259 cm³/mol. The van der Waals surface area contributed by atoms with Crippen molar-refractivity contribution in [2.24, 2.45) is 51.3 Å². The largest absolute Gasteiger partial charge is 0.461 e. The zero-order chi connectivity index (χ0) is 48.2. The number of esters is 3. The Hall–Kier alpha value is -6.04. The van der Waals surface area contributed by atoms with Gasteiger partial charge in [0.2, 0.25) is 11.8 Å². The van der Waals surface area contributed by atoms with Crippen LogP contribution >= 0.6 is 0 Å². The van der Waals surface area contributed by atoms with E-state index in [4.69, 9.17) is 19.2 Å². The molecule has 3 N–H and O–H groups in total. The summed E-state index contributed by atoms with van der Waals surface area (Å²) >= 11 is 0. The minimum atomic E-state index is -1.25. The monoisotopic (exact) mass is 901 g/mol. The third-order valence-electron chi connectivity index (χ3n) is 13.2. The van der Waals surface area contributed by atoms with Crippen LogP contribution in [0.5, 0.6) is 0 Å². The smallest absolute Gasteiger partial charge is 0.342 e. The molecule has 0 radical (unpaired) electrons. The number of nitrogens with zero attached hydrogens (tertiary/aromatic N) is 1. The number of aromatic nitrogens is 1. The van der Waals surface area contributed by atoms with E-state index >= 15 is 0 Å². The van der Waals surface area contributed by atoms with Gasteiger partial charge in [0.15, 0.2) is 0 Å². The number of nitrogens with one attached hydrogen (secondary N) is 3. The fourth-order valence-electron chi connectivity index (χ4n) is 9.91. The number of aromatic amines is 1. The Kier molecular flexibility index (Phi) is 15.1. The highest BCUT2D eigenvalue weighted by molar-refractivity contribution is 6.31. The predicted octanol–water partition coefficient (Wildman–Crippen LogP) is 10.6. The average molecular weight is 901 g/mol. The quantitative estimate of drug-likeness (QED) is 0.0918. The number of H-pyrrole nitrogens is 1. The van der Waals surface area contributed by atoms with Crippen molar-refractivity contribution in [1.29, 1.82) is 0 Å². The van der Waals surface area contributed by atoms with Crippen molar-refractivity contribution < 1.29 is 38.2 Å². The standard InChI is InChI=1S/C54H68N4O8/c1-13-40(59)64-29-54(11,12)52(63)58-48-44(50(61)66-46-34(6)26-31(3)27-35(46)7)42(37-22-18-15-19-23-37)39(56-48)28-38-41(36-20-16-14-17-21-36)43(47(55-38)57-51(62)53(8,9)10)49(60)65-45-32(4)24-30(2)25-33(45)5/h13-23,28,30-35,45-46,56H,1,24-27,29H2,2-12H3,(H,58,63)(H,55,57,62). The molecule has 2 heterocycles. The van der Waals surface area contributed by atoms with Crippen molar-refractivity contribution in [3.05, 3.63) is 101 Å². The van der Waals surface area contributed by atoms with Gasteiger partial charge >= 0.3 is 17.9 Å². The van der Waals surface area contributed by atoms with Gasteiger partial charge in [0.25, 0.3) is 0 Å². The topological polar surface area (TPSA) is 165 Å². The highest BCUT2D eigenvalue weighted by Gasteiger charge is 2.41. The number of hydrogen-bond donors (Lipinski definition) is 3. The summed E-state index contributed by atoms with van der Waals surface area (Å²) in [5, 5.41) is 5.92. The molecule has 6 rings (SSSR count). The lowest BCUT2D eigenvalue weighted by molar-refractivity contribution is -0.152. The molecule has 2 aliphatic carbocycles. The van der Waals surface area contributed by atoms with Crippen LogP contribution in [-0.4, -0.2) is 59.4 Å². The third-order valence-corrected chi connectivity index (χ3v) is 13.2. The summed E-state index contributed by atoms with van der Waals surface area (Å²) in [6.45, 7) is 24.6. The second-order valence-electron chi connectivity index (χ2n) is 20.8. The maximum Gasteiger partial charge on any atom is 0.342 e. The van der Waals surface area contributed by atoms with Crippen LogP contribution in [0.4, 0.5) is 5.82 Å². The lowest BCUT2D eigenvalue weighted by Crippen LogP contribution is -2.42. The number of ether oxygens (including phenoxy) is 3. The molecule has 0 spiro atoms. The molecule has 12 nitrogen and oxygen atoms in total. The van der Waals surface area contributed by atoms with E-state index in [1.165, 1.54) is 0 Å². The first-order valence-corrected chi connectivity index (χ1v) is 23.4. The Labute approximate surface area is 390 Å². The summed E-state index contributed by atoms with van der Waals surface area (Å²) in [6, 6.07) is 18.6. The Morgan fingerprint density at radius 2 is 1.21 bits per heavy atom. The van der Waals surface area contributed by atoms with E-state index in [1.807, 2.05) is 60.7 Å². The molecule has 0 bridgehead atoms. The molecular weight excluding hydrogens is 833 g/mol. The van der Waals surface area contributed by atoms with E-state index in [0.29, 0.717) is 45.5 Å². The summed E-state index contributed by atoms with van der Waals surface area (Å²) in [4.78, 5) is 78.2. The van der Waals surface area contributed by atoms with Gasteiger partial charge in [-0.2, -0.15) is 0 Å². The maximum atomic E-state index is 15.0. The van der Waals surface area contributed by atoms with Gasteiger partial charge in [-0.25, -0.2) is 19.4 Å². The molecule has 3 aliphatic rings. The van der Waals surface area contributed by atoms with Crippen LogP contribution in [0.15, 0.2) is 89.6 Å². The zero-order valence-electron chi connectivity index (χ0n) is 40.5. The minimum Gasteiger partial charge on any atom is -0.461 e. The van der Waals surface area contributed by atoms with E-state index in [2.05, 4.69) is 63.7 Å². The Morgan fingerprint density at radius 1 is 0.712 bits per heavy atom. The van der Waals surface area contributed by atoms with Gasteiger partial charge in [0.1, 0.15) is 41.6 Å². The SMILES string of the molecule is C=CC(=O)OCC(C)(C)C(=O)Nc1[nH]c(C=C2N=C(NC(=O)C(C)(C)C)C(C(=O)OC3C(C)CC(C)CC3C)=C2c2ccccc2)c(-c2ccccc2)c1C(=O)OC1C(C)CC(C)CC1C. The first-order valence-electron chi connectivity index (χ1n) is 23.4. The van der Waals surface area contributed by atoms with Crippen molar-refractivity contribution in [3.8, 4) is 11.1 Å². The second-order valence-corrected chi connectivity index (χ2v) is 20.8. The molecule has 2 aromatic carbocycles. The Bertz CT molecular complexity index is 2400. The molecule has 4 atom stereocenters. The van der Waals surface area contributed by atoms with Crippen molar-refractivity contribution in [2.45, 2.75) is 114 Å². The Balaban J connectivity index is 1.59. The number of amides is 2. The molecule has 66 heavy (non-hydrogen) atoms. The van der Waals surface area contributed by atoms with Gasteiger partial charge in [-0.05, 0) is 92.2 Å². The Morgan fingerprint density at radius 3 is 1.71 bits per heavy atom. The molecule has 0 saturated heterocycles. The van der Waals surface area contributed by atoms with Gasteiger partial charge in [-0.3, -0.25) is 9.59 Å². The van der Waals surface area contributed by atoms with Gasteiger partial charge < -0.3 is 29.8 Å². The first-order chi connectivity index (χ1) is 31.1. The summed E-state index contributed by atoms with van der Waals surface area (Å²) in [5.74, 6) is -1.37. The number of hydrogen-bond acceptors (Lipinski definition) is 9. The third kappa shape index (κ3) is 11.1. The van der Waals surface area contributed by atoms with E-state index in [1.54, 1.807) is 40.7 Å². The molecule has 12 heteroatoms. The molecule has 1 aromatic heterocycles. The van der Waals surface area contributed by atoms with Gasteiger partial charge in [-0.15, -0.1) is 0 Å². The lowest BCUT2D eigenvalue weighted by Gasteiger charge is -2.37. The number of anilines is 1. The molecule has 2 saturated carbocycles. The van der Waals surface area contributed by atoms with Crippen LogP contribution in [-0.2, 0) is 33.4 Å². The molecule has 1 aliphatic heterocycles. The second kappa shape index (κ2) is 20.2. The van der Waals surface area contributed by atoms with Gasteiger partial charge in [0.05, 0.1) is 16.8 Å². The number of carbonyl (C=O) groups is 5. The lowest BCUT2D eigenvalue weighted by atomic mass is 9.75. The van der Waals surface area contributed by atoms with Crippen LogP contribution in [0, 0.1) is 46.3 Å². The maximum absolute atomic E-state index is 15.0. The van der Waals surface area contributed by atoms with Crippen molar-refractivity contribution in [2.75, 3.05) is 11.9 Å². The number of allylic oxidation sites excluding steroid dienone is 1. The summed E-state index contributed by atoms with van der Waals surface area (Å²) in [7, 11) is 0. The zero-order valence-corrected chi connectivity index (χ0v) is 40.5. The van der Waals surface area contributed by atoms with Crippen molar-refractivity contribution in [1.82, 2.24) is 10.3 Å². The van der Waals surface area contributed by atoms with E-state index in [9.17, 15) is 24.0 Å². The van der Waals surface area contributed by atoms with Crippen LogP contribution in [0.3, 0.4) is 0 Å². The highest BCUT2D eigenvalue weighted by atomic mass is 16.6. The normalized spacial score (nSPS) is 25.1. The van der Waals surface area contributed by atoms with E-state index in [-0.39, 0.29) is 71.2 Å². The molecule has 2 amide bonds. The van der Waals surface area contributed by atoms with Crippen LogP contribution < -0.4 is 10.6 Å². The fraction of sp³-hybridized carbons (Fsp3) is 0.481. The van der Waals surface area contributed by atoms with E-state index < -0.39 is 34.6 Å². The van der Waals surface area contributed by atoms with Gasteiger partial charge in [-0.1, -0.05) is 130 Å². The number of benzene rings is 2. The molecule has 352 valence electrons. The van der Waals surface area contributed by atoms with E-state index in [0.717, 1.165) is 31.8 Å². The summed E-state index contributed by atoms with van der Waals surface area (Å²) in [5.41, 5.74) is 0.872. The van der Waals surface area contributed by atoms with Crippen molar-refractivity contribution in [3.63, 3.8) is 0 Å². The minimum absolute atomic E-state index is 0.0424. The molecule has 4 unspecified atom stereocenters. The van der Waals surface area contributed by atoms with Gasteiger partial charge in [0, 0.05) is 22.6 Å². The number of rotatable bonds is 12.